The Bertz CT molecular complexity index is 1620. The summed E-state index contributed by atoms with van der Waals surface area (Å²) in [4.78, 5) is 43.7. The Morgan fingerprint density at radius 1 is 0.711 bits per heavy atom. The van der Waals surface area contributed by atoms with Gasteiger partial charge in [-0.25, -0.2) is 9.18 Å². The molecule has 0 spiro atoms. The van der Waals surface area contributed by atoms with Gasteiger partial charge in [-0.05, 0) is 66.7 Å². The number of hydrogen-bond acceptors (Lipinski definition) is 10. The first-order valence-corrected chi connectivity index (χ1v) is 14.5. The van der Waals surface area contributed by atoms with Gasteiger partial charge in [0.15, 0.2) is 5.82 Å². The Labute approximate surface area is 258 Å². The van der Waals surface area contributed by atoms with Gasteiger partial charge < -0.3 is 41.0 Å². The molecule has 2 aliphatic rings. The average Bonchev–Trinajstić information content (AvgIpc) is 3.07. The molecule has 0 unspecified atom stereocenters. The molecule has 45 heavy (non-hydrogen) atoms. The second kappa shape index (κ2) is 13.5. The fraction of sp³-hybridized carbons (Fsp3) is 0.258. The molecular formula is C31H32FN9O4. The highest BCUT2D eigenvalue weighted by atomic mass is 19.1. The molecule has 2 fully saturated rings. The molecule has 13 nitrogen and oxygen atoms in total. The molecule has 2 saturated heterocycles. The van der Waals surface area contributed by atoms with E-state index in [2.05, 4.69) is 25.8 Å². The summed E-state index contributed by atoms with van der Waals surface area (Å²) in [6.45, 7) is 5.25. The first-order valence-electron chi connectivity index (χ1n) is 14.5. The van der Waals surface area contributed by atoms with Crippen LogP contribution in [0.25, 0.3) is 11.4 Å². The number of ether oxygens (including phenoxy) is 2. The Hall–Kier alpha value is -5.34. The van der Waals surface area contributed by atoms with Crippen LogP contribution in [0.1, 0.15) is 10.4 Å². The van der Waals surface area contributed by atoms with Crippen LogP contribution in [-0.2, 0) is 9.47 Å². The second-order valence-electron chi connectivity index (χ2n) is 10.4. The number of carbonyl (C=O) groups excluding carboxylic acids is 2. The highest BCUT2D eigenvalue weighted by Crippen LogP contribution is 2.25. The molecule has 3 aromatic carbocycles. The number of nitrogens with zero attached hydrogens (tertiary/aromatic N) is 5. The van der Waals surface area contributed by atoms with Crippen molar-refractivity contribution >= 4 is 46.6 Å². The SMILES string of the molecule is Nc1cc(F)ccc1NC(=O)c1ccc(NC(=O)Nc2ccc(-c3nc(N4CCOCC4)nc(N4CCOCC4)n3)cc2)cc1. The lowest BCUT2D eigenvalue weighted by atomic mass is 10.2. The van der Waals surface area contributed by atoms with Crippen LogP contribution in [0.5, 0.6) is 0 Å². The van der Waals surface area contributed by atoms with E-state index in [9.17, 15) is 14.0 Å². The normalized spacial score (nSPS) is 15.0. The fourth-order valence-electron chi connectivity index (χ4n) is 4.84. The minimum absolute atomic E-state index is 0.120. The van der Waals surface area contributed by atoms with E-state index in [-0.39, 0.29) is 5.69 Å². The molecule has 3 heterocycles. The number of urea groups is 1. The van der Waals surface area contributed by atoms with Crippen LogP contribution in [0.4, 0.5) is 43.8 Å². The zero-order valence-electron chi connectivity index (χ0n) is 24.3. The van der Waals surface area contributed by atoms with Gasteiger partial charge in [-0.15, -0.1) is 0 Å². The molecule has 232 valence electrons. The van der Waals surface area contributed by atoms with Crippen molar-refractivity contribution < 1.29 is 23.5 Å². The number of nitrogens with one attached hydrogen (secondary N) is 3. The van der Waals surface area contributed by atoms with Crippen molar-refractivity contribution in [2.24, 2.45) is 0 Å². The maximum absolute atomic E-state index is 13.3. The third-order valence-corrected chi connectivity index (χ3v) is 7.27. The Morgan fingerprint density at radius 2 is 1.24 bits per heavy atom. The fourth-order valence-corrected chi connectivity index (χ4v) is 4.84. The summed E-state index contributed by atoms with van der Waals surface area (Å²) in [6.07, 6.45) is 0. The molecule has 0 aliphatic carbocycles. The highest BCUT2D eigenvalue weighted by molar-refractivity contribution is 6.06. The number of carbonyl (C=O) groups is 2. The van der Waals surface area contributed by atoms with Crippen LogP contribution < -0.4 is 31.5 Å². The number of morpholine rings is 2. The van der Waals surface area contributed by atoms with Gasteiger partial charge in [0, 0.05) is 48.7 Å². The predicted octanol–water partition coefficient (Wildman–Crippen LogP) is 3.83. The molecule has 3 amide bonds. The Morgan fingerprint density at radius 3 is 1.78 bits per heavy atom. The van der Waals surface area contributed by atoms with E-state index in [1.165, 1.54) is 12.1 Å². The summed E-state index contributed by atoms with van der Waals surface area (Å²) in [5.74, 6) is 0.838. The van der Waals surface area contributed by atoms with Crippen molar-refractivity contribution in [1.82, 2.24) is 15.0 Å². The molecule has 14 heteroatoms. The van der Waals surface area contributed by atoms with Crippen LogP contribution in [0, 0.1) is 5.82 Å². The summed E-state index contributed by atoms with van der Waals surface area (Å²) in [5.41, 5.74) is 8.37. The predicted molar refractivity (Wildman–Crippen MR) is 169 cm³/mol. The van der Waals surface area contributed by atoms with E-state index in [0.717, 1.165) is 11.6 Å². The quantitative estimate of drug-likeness (QED) is 0.226. The molecule has 2 aliphatic heterocycles. The number of anilines is 6. The first-order chi connectivity index (χ1) is 21.9. The molecule has 0 bridgehead atoms. The van der Waals surface area contributed by atoms with Gasteiger partial charge in [0.05, 0.1) is 37.8 Å². The summed E-state index contributed by atoms with van der Waals surface area (Å²) < 4.78 is 24.3. The Kier molecular flexibility index (Phi) is 8.94. The molecule has 0 radical (unpaired) electrons. The third-order valence-electron chi connectivity index (χ3n) is 7.27. The van der Waals surface area contributed by atoms with Crippen molar-refractivity contribution in [3.05, 3.63) is 78.1 Å². The zero-order valence-corrected chi connectivity index (χ0v) is 24.3. The standard InChI is InChI=1S/C31H32FN9O4/c32-22-5-10-26(25(33)19-22)36-28(42)21-3-8-24(9-4-21)35-31(43)34-23-6-1-20(2-7-23)27-37-29(40-11-15-44-16-12-40)39-30(38-27)41-13-17-45-18-14-41/h1-10,19H,11-18,33H2,(H,36,42)(H2,34,35,43). The topological polar surface area (TPSA) is 160 Å². The van der Waals surface area contributed by atoms with Gasteiger partial charge in [0.25, 0.3) is 5.91 Å². The molecule has 0 atom stereocenters. The monoisotopic (exact) mass is 613 g/mol. The lowest BCUT2D eigenvalue weighted by molar-refractivity contribution is 0.102. The van der Waals surface area contributed by atoms with Gasteiger partial charge in [0.2, 0.25) is 11.9 Å². The van der Waals surface area contributed by atoms with Gasteiger partial charge in [0.1, 0.15) is 5.82 Å². The maximum atomic E-state index is 13.3. The lowest BCUT2D eigenvalue weighted by Crippen LogP contribution is -2.40. The number of aromatic nitrogens is 3. The van der Waals surface area contributed by atoms with Crippen LogP contribution in [0.2, 0.25) is 0 Å². The second-order valence-corrected chi connectivity index (χ2v) is 10.4. The zero-order chi connectivity index (χ0) is 31.2. The molecule has 6 rings (SSSR count). The van der Waals surface area contributed by atoms with Crippen LogP contribution in [-0.4, -0.2) is 79.5 Å². The van der Waals surface area contributed by atoms with Crippen molar-refractivity contribution in [3.63, 3.8) is 0 Å². The van der Waals surface area contributed by atoms with Crippen molar-refractivity contribution in [1.29, 1.82) is 0 Å². The van der Waals surface area contributed by atoms with Gasteiger partial charge in [-0.1, -0.05) is 0 Å². The van der Waals surface area contributed by atoms with E-state index in [1.54, 1.807) is 36.4 Å². The molecule has 5 N–H and O–H groups in total. The minimum atomic E-state index is -0.492. The van der Waals surface area contributed by atoms with E-state index in [0.29, 0.717) is 93.0 Å². The lowest BCUT2D eigenvalue weighted by Gasteiger charge is -2.30. The number of hydrogen-bond donors (Lipinski definition) is 4. The van der Waals surface area contributed by atoms with Crippen LogP contribution in [0.15, 0.2) is 66.7 Å². The van der Waals surface area contributed by atoms with E-state index in [4.69, 9.17) is 30.2 Å². The largest absolute Gasteiger partial charge is 0.397 e. The van der Waals surface area contributed by atoms with E-state index >= 15 is 0 Å². The van der Waals surface area contributed by atoms with Gasteiger partial charge in [-0.3, -0.25) is 4.79 Å². The highest BCUT2D eigenvalue weighted by Gasteiger charge is 2.21. The summed E-state index contributed by atoms with van der Waals surface area (Å²) in [7, 11) is 0. The minimum Gasteiger partial charge on any atom is -0.397 e. The Balaban J connectivity index is 1.09. The molecule has 1 aromatic heterocycles. The summed E-state index contributed by atoms with van der Waals surface area (Å²) in [6, 6.07) is 16.8. The summed E-state index contributed by atoms with van der Waals surface area (Å²) >= 11 is 0. The maximum Gasteiger partial charge on any atom is 0.323 e. The number of amides is 3. The number of benzene rings is 3. The molecular weight excluding hydrogens is 581 g/mol. The van der Waals surface area contributed by atoms with E-state index < -0.39 is 17.8 Å². The van der Waals surface area contributed by atoms with E-state index in [1.807, 2.05) is 12.1 Å². The smallest absolute Gasteiger partial charge is 0.323 e. The van der Waals surface area contributed by atoms with Crippen molar-refractivity contribution in [2.45, 2.75) is 0 Å². The number of nitrogens with two attached hydrogens (primary N) is 1. The van der Waals surface area contributed by atoms with Gasteiger partial charge >= 0.3 is 6.03 Å². The summed E-state index contributed by atoms with van der Waals surface area (Å²) in [5, 5.41) is 8.20. The van der Waals surface area contributed by atoms with Gasteiger partial charge in [-0.2, -0.15) is 15.0 Å². The number of nitrogen functional groups attached to an aromatic ring is 1. The molecule has 4 aromatic rings. The number of halogens is 1. The number of rotatable bonds is 7. The first kappa shape index (κ1) is 29.7. The van der Waals surface area contributed by atoms with Crippen molar-refractivity contribution in [3.8, 4) is 11.4 Å². The third kappa shape index (κ3) is 7.42. The van der Waals surface area contributed by atoms with Crippen LogP contribution in [0.3, 0.4) is 0 Å². The average molecular weight is 614 g/mol. The van der Waals surface area contributed by atoms with Crippen molar-refractivity contribution in [2.75, 3.05) is 84.1 Å². The van der Waals surface area contributed by atoms with Crippen LogP contribution >= 0.6 is 0 Å². The molecule has 0 saturated carbocycles.